The monoisotopic (exact) mass is 1010 g/mol. The fraction of sp³-hybridized carbons (Fsp3) is 0.833. The van der Waals surface area contributed by atoms with Gasteiger partial charge in [0.2, 0.25) is 47.3 Å². The average Bonchev–Trinajstić information content (AvgIpc) is 3.27. The number of hydrogen-bond acceptors (Lipinski definition) is 15. The van der Waals surface area contributed by atoms with Crippen molar-refractivity contribution in [3.05, 3.63) is 0 Å². The van der Waals surface area contributed by atoms with Crippen molar-refractivity contribution in [2.45, 2.75) is 200 Å². The maximum absolute atomic E-state index is 14.3. The molecule has 0 aromatic carbocycles. The standard InChI is InChI=1S/C48H93N13O10/c1-27(2)11-9-10-12-31(62)26-40(63)54-32(13-18-49)42(65)58-36-17-22-53-41(64)37(23-28(3)4)59-44(67)34(15-20-51)55-43(66)33(14-19-50)57-47(70)38(24-29(5)6)61-48(71)39(25-30(7)8)60-45(68)35(16-21-52)56-46(36)69/h27-39,41,53,62,64H,9-26,49-52H2,1-8H3,(H,54,63)(H,55,66)(H,56,69)(H,57,70)(H,58,65)(H,59,67)(H,60,68)(H,61,71)/t31-,32-,33+,34+,35+,36+,37+,38+,39-,41?/m1/s1. The molecule has 0 aromatic heterocycles. The predicted molar refractivity (Wildman–Crippen MR) is 271 cm³/mol. The normalized spacial score (nSPS) is 24.9. The van der Waals surface area contributed by atoms with E-state index in [2.05, 4.69) is 61.7 Å². The molecule has 0 bridgehead atoms. The molecule has 1 heterocycles. The molecule has 23 nitrogen and oxygen atoms in total. The zero-order chi connectivity index (χ0) is 53.8. The highest BCUT2D eigenvalue weighted by molar-refractivity contribution is 5.97. The van der Waals surface area contributed by atoms with Gasteiger partial charge in [0.1, 0.15) is 48.5 Å². The third kappa shape index (κ3) is 26.1. The van der Waals surface area contributed by atoms with Gasteiger partial charge in [0.25, 0.3) is 0 Å². The van der Waals surface area contributed by atoms with Crippen molar-refractivity contribution in [3.8, 4) is 0 Å². The van der Waals surface area contributed by atoms with E-state index in [1.165, 1.54) is 0 Å². The smallest absolute Gasteiger partial charge is 0.243 e. The van der Waals surface area contributed by atoms with Gasteiger partial charge in [-0.1, -0.05) is 74.7 Å². The van der Waals surface area contributed by atoms with Crippen molar-refractivity contribution in [1.82, 2.24) is 47.9 Å². The van der Waals surface area contributed by atoms with E-state index in [4.69, 9.17) is 22.9 Å². The minimum atomic E-state index is -1.43. The quantitative estimate of drug-likeness (QED) is 0.0452. The van der Waals surface area contributed by atoms with Crippen LogP contribution in [0.25, 0.3) is 0 Å². The Labute approximate surface area is 421 Å². The zero-order valence-corrected chi connectivity index (χ0v) is 43.8. The van der Waals surface area contributed by atoms with Crippen LogP contribution in [0.15, 0.2) is 0 Å². The molecular formula is C48H93N13O10. The van der Waals surface area contributed by atoms with E-state index in [0.29, 0.717) is 12.3 Å². The number of amides is 8. The Bertz CT molecular complexity index is 1650. The first-order valence-corrected chi connectivity index (χ1v) is 25.8. The van der Waals surface area contributed by atoms with Crippen molar-refractivity contribution in [2.24, 2.45) is 46.6 Å². The van der Waals surface area contributed by atoms with Gasteiger partial charge >= 0.3 is 0 Å². The van der Waals surface area contributed by atoms with Gasteiger partial charge in [-0.3, -0.25) is 43.7 Å². The number of aliphatic hydroxyl groups is 2. The maximum atomic E-state index is 14.3. The molecule has 0 saturated carbocycles. The first-order chi connectivity index (χ1) is 33.5. The van der Waals surface area contributed by atoms with E-state index >= 15 is 0 Å². The van der Waals surface area contributed by atoms with Crippen LogP contribution in [0.1, 0.15) is 139 Å². The van der Waals surface area contributed by atoms with E-state index in [1.807, 2.05) is 41.5 Å². The number of nitrogens with one attached hydrogen (secondary N) is 9. The van der Waals surface area contributed by atoms with E-state index in [-0.39, 0.29) is 108 Å². The maximum Gasteiger partial charge on any atom is 0.243 e. The zero-order valence-electron chi connectivity index (χ0n) is 43.8. The van der Waals surface area contributed by atoms with Gasteiger partial charge in [-0.2, -0.15) is 0 Å². The molecule has 1 fully saturated rings. The summed E-state index contributed by atoms with van der Waals surface area (Å²) in [4.78, 5) is 111. The number of rotatable bonds is 24. The van der Waals surface area contributed by atoms with Crippen LogP contribution in [-0.2, 0) is 38.4 Å². The predicted octanol–water partition coefficient (Wildman–Crippen LogP) is -2.32. The van der Waals surface area contributed by atoms with E-state index < -0.39 is 108 Å². The second-order valence-corrected chi connectivity index (χ2v) is 20.5. The molecule has 0 spiro atoms. The van der Waals surface area contributed by atoms with Gasteiger partial charge in [-0.25, -0.2) is 0 Å². The molecule has 1 aliphatic heterocycles. The number of aliphatic hydroxyl groups excluding tert-OH is 2. The van der Waals surface area contributed by atoms with Crippen molar-refractivity contribution < 1.29 is 48.6 Å². The van der Waals surface area contributed by atoms with Gasteiger partial charge < -0.3 is 75.7 Å². The topological polar surface area (TPSA) is 389 Å². The number of unbranched alkanes of at least 4 members (excludes halogenated alkanes) is 1. The molecule has 0 aromatic rings. The lowest BCUT2D eigenvalue weighted by Gasteiger charge is -2.30. The van der Waals surface area contributed by atoms with Crippen molar-refractivity contribution >= 4 is 47.3 Å². The molecule has 410 valence electrons. The summed E-state index contributed by atoms with van der Waals surface area (Å²) in [6.45, 7) is 15.0. The van der Waals surface area contributed by atoms with Gasteiger partial charge in [-0.15, -0.1) is 0 Å². The Morgan fingerprint density at radius 2 is 0.986 bits per heavy atom. The lowest BCUT2D eigenvalue weighted by molar-refractivity contribution is -0.136. The number of carbonyl (C=O) groups is 8. The van der Waals surface area contributed by atoms with Crippen LogP contribution in [-0.4, -0.2) is 151 Å². The van der Waals surface area contributed by atoms with Crippen LogP contribution in [0.2, 0.25) is 0 Å². The van der Waals surface area contributed by atoms with Crippen molar-refractivity contribution in [2.75, 3.05) is 32.7 Å². The molecule has 23 heteroatoms. The molecule has 1 saturated heterocycles. The first kappa shape index (κ1) is 64.5. The van der Waals surface area contributed by atoms with Crippen LogP contribution in [0.4, 0.5) is 0 Å². The largest absolute Gasteiger partial charge is 0.393 e. The minimum absolute atomic E-state index is 0.0138. The van der Waals surface area contributed by atoms with Gasteiger partial charge in [-0.05, 0) is 108 Å². The highest BCUT2D eigenvalue weighted by Gasteiger charge is 2.35. The van der Waals surface area contributed by atoms with E-state index in [1.54, 1.807) is 0 Å². The molecule has 0 aliphatic carbocycles. The fourth-order valence-electron chi connectivity index (χ4n) is 8.13. The van der Waals surface area contributed by atoms with Crippen LogP contribution in [0.3, 0.4) is 0 Å². The highest BCUT2D eigenvalue weighted by Crippen LogP contribution is 2.14. The van der Waals surface area contributed by atoms with Gasteiger partial charge in [0, 0.05) is 6.54 Å². The highest BCUT2D eigenvalue weighted by atomic mass is 16.3. The summed E-state index contributed by atoms with van der Waals surface area (Å²) in [6, 6.07) is -9.72. The molecule has 1 aliphatic rings. The fourth-order valence-corrected chi connectivity index (χ4v) is 8.13. The molecule has 71 heavy (non-hydrogen) atoms. The second kappa shape index (κ2) is 34.8. The Morgan fingerprint density at radius 3 is 1.42 bits per heavy atom. The SMILES string of the molecule is CC(C)CCCC[C@@H](O)CC(=O)N[C@H](CCN)C(=O)N[C@H]1CCNC(O)[C@H](CC(C)C)NC(=O)[C@H](CCN)NC(=O)[C@H](CCN)NC(=O)[C@H](CC(C)C)NC(=O)[C@@H](CC(C)C)NC(=O)[C@H](CCN)NC1=O. The lowest BCUT2D eigenvalue weighted by atomic mass is 9.99. The van der Waals surface area contributed by atoms with Crippen LogP contribution in [0.5, 0.6) is 0 Å². The van der Waals surface area contributed by atoms with Crippen molar-refractivity contribution in [3.63, 3.8) is 0 Å². The van der Waals surface area contributed by atoms with Crippen LogP contribution < -0.4 is 70.8 Å². The number of hydrogen-bond donors (Lipinski definition) is 15. The lowest BCUT2D eigenvalue weighted by Crippen LogP contribution is -2.60. The molecule has 1 rings (SSSR count). The summed E-state index contributed by atoms with van der Waals surface area (Å²) in [5.74, 6) is -5.65. The second-order valence-electron chi connectivity index (χ2n) is 20.5. The Kier molecular flexibility index (Phi) is 31.6. The Morgan fingerprint density at radius 1 is 0.563 bits per heavy atom. The van der Waals surface area contributed by atoms with E-state index in [9.17, 15) is 48.6 Å². The Hall–Kier alpha value is -4.52. The summed E-state index contributed by atoms with van der Waals surface area (Å²) in [5.41, 5.74) is 23.5. The van der Waals surface area contributed by atoms with Crippen molar-refractivity contribution in [1.29, 1.82) is 0 Å². The summed E-state index contributed by atoms with van der Waals surface area (Å²) >= 11 is 0. The summed E-state index contributed by atoms with van der Waals surface area (Å²) in [5, 5.41) is 46.6. The molecule has 0 radical (unpaired) electrons. The molecule has 10 atom stereocenters. The summed E-state index contributed by atoms with van der Waals surface area (Å²) < 4.78 is 0. The number of carbonyl (C=O) groups excluding carboxylic acids is 8. The third-order valence-corrected chi connectivity index (χ3v) is 11.9. The first-order valence-electron chi connectivity index (χ1n) is 25.8. The molecular weight excluding hydrogens is 919 g/mol. The minimum Gasteiger partial charge on any atom is -0.393 e. The summed E-state index contributed by atoms with van der Waals surface area (Å²) in [6.07, 6.45) is 0.500. The number of nitrogens with two attached hydrogens (primary N) is 4. The van der Waals surface area contributed by atoms with Gasteiger partial charge in [0.05, 0.1) is 18.6 Å². The van der Waals surface area contributed by atoms with E-state index in [0.717, 1.165) is 19.3 Å². The van der Waals surface area contributed by atoms with Crippen LogP contribution >= 0.6 is 0 Å². The third-order valence-electron chi connectivity index (χ3n) is 11.9. The van der Waals surface area contributed by atoms with Crippen LogP contribution in [0, 0.1) is 23.7 Å². The average molecular weight is 1010 g/mol. The molecule has 8 amide bonds. The Balaban J connectivity index is 3.80. The molecule has 19 N–H and O–H groups in total. The summed E-state index contributed by atoms with van der Waals surface area (Å²) in [7, 11) is 0. The molecule has 1 unspecified atom stereocenters. The van der Waals surface area contributed by atoms with Gasteiger partial charge in [0.15, 0.2) is 0 Å².